The molecule has 0 aromatic rings. The summed E-state index contributed by atoms with van der Waals surface area (Å²) in [5.74, 6) is -0.467. The summed E-state index contributed by atoms with van der Waals surface area (Å²) in [6.45, 7) is 1.66. The molecular weight excluding hydrogens is 150 g/mol. The van der Waals surface area contributed by atoms with Crippen LogP contribution in [0.4, 0.5) is 0 Å². The average Bonchev–Trinajstić information content (AvgIpc) is 1.85. The van der Waals surface area contributed by atoms with Crippen LogP contribution in [-0.4, -0.2) is 23.0 Å². The Morgan fingerprint density at radius 2 is 2.36 bits per heavy atom. The molecule has 5 nitrogen and oxygen atoms in total. The summed E-state index contributed by atoms with van der Waals surface area (Å²) in [5.41, 5.74) is 0. The summed E-state index contributed by atoms with van der Waals surface area (Å²) >= 11 is 0. The highest BCUT2D eigenvalue weighted by Crippen LogP contribution is 2.16. The highest BCUT2D eigenvalue weighted by atomic mass is 16.6. The van der Waals surface area contributed by atoms with Crippen molar-refractivity contribution in [2.45, 2.75) is 31.9 Å². The Morgan fingerprint density at radius 1 is 1.73 bits per heavy atom. The molecule has 2 unspecified atom stereocenters. The number of ether oxygens (including phenoxy) is 1. The van der Waals surface area contributed by atoms with Crippen molar-refractivity contribution in [1.82, 2.24) is 0 Å². The van der Waals surface area contributed by atoms with Crippen molar-refractivity contribution in [3.8, 4) is 0 Å². The first-order valence-electron chi connectivity index (χ1n) is 3.42. The average molecular weight is 159 g/mol. The molecule has 0 amide bonds. The van der Waals surface area contributed by atoms with E-state index in [1.165, 1.54) is 0 Å². The zero-order chi connectivity index (χ0) is 8.43. The molecule has 1 aliphatic heterocycles. The van der Waals surface area contributed by atoms with Gasteiger partial charge in [0.2, 0.25) is 6.04 Å². The van der Waals surface area contributed by atoms with Crippen LogP contribution in [0.2, 0.25) is 0 Å². The highest BCUT2D eigenvalue weighted by molar-refractivity contribution is 5.70. The van der Waals surface area contributed by atoms with E-state index in [4.69, 9.17) is 4.74 Å². The van der Waals surface area contributed by atoms with E-state index in [9.17, 15) is 14.9 Å². The van der Waals surface area contributed by atoms with Gasteiger partial charge in [-0.2, -0.15) is 0 Å². The lowest BCUT2D eigenvalue weighted by molar-refractivity contribution is -0.526. The van der Waals surface area contributed by atoms with Crippen molar-refractivity contribution in [3.05, 3.63) is 10.1 Å². The molecule has 1 saturated heterocycles. The molecular formula is C6H9NO4. The molecule has 62 valence electrons. The SMILES string of the molecule is CC1CC([N+](=O)[O-])CC(=O)O1. The smallest absolute Gasteiger partial charge is 0.313 e. The minimum Gasteiger partial charge on any atom is -0.462 e. The lowest BCUT2D eigenvalue weighted by atomic mass is 10.1. The Labute approximate surface area is 63.5 Å². The van der Waals surface area contributed by atoms with Crippen molar-refractivity contribution >= 4 is 5.97 Å². The van der Waals surface area contributed by atoms with Gasteiger partial charge in [-0.3, -0.25) is 14.9 Å². The van der Waals surface area contributed by atoms with Crippen LogP contribution >= 0.6 is 0 Å². The maximum Gasteiger partial charge on any atom is 0.313 e. The van der Waals surface area contributed by atoms with Gasteiger partial charge in [-0.25, -0.2) is 0 Å². The topological polar surface area (TPSA) is 69.4 Å². The summed E-state index contributed by atoms with van der Waals surface area (Å²) in [7, 11) is 0. The number of carbonyl (C=O) groups excluding carboxylic acids is 1. The predicted molar refractivity (Wildman–Crippen MR) is 35.6 cm³/mol. The van der Waals surface area contributed by atoms with Gasteiger partial charge in [-0.15, -0.1) is 0 Å². The van der Waals surface area contributed by atoms with Crippen LogP contribution in [0.5, 0.6) is 0 Å². The molecule has 11 heavy (non-hydrogen) atoms. The summed E-state index contributed by atoms with van der Waals surface area (Å²) in [6.07, 6.45) is -0.0672. The minimum absolute atomic E-state index is 0.0860. The second kappa shape index (κ2) is 2.86. The van der Waals surface area contributed by atoms with Crippen molar-refractivity contribution in [2.75, 3.05) is 0 Å². The molecule has 1 rings (SSSR count). The summed E-state index contributed by atoms with van der Waals surface area (Å²) in [6, 6.07) is -0.744. The number of carbonyl (C=O) groups is 1. The molecule has 0 N–H and O–H groups in total. The quantitative estimate of drug-likeness (QED) is 0.314. The zero-order valence-corrected chi connectivity index (χ0v) is 6.15. The van der Waals surface area contributed by atoms with E-state index in [1.54, 1.807) is 6.92 Å². The van der Waals surface area contributed by atoms with Crippen LogP contribution in [-0.2, 0) is 9.53 Å². The van der Waals surface area contributed by atoms with Gasteiger partial charge in [0.05, 0.1) is 6.42 Å². The standard InChI is InChI=1S/C6H9NO4/c1-4-2-5(7(9)10)3-6(8)11-4/h4-5H,2-3H2,1H3. The third kappa shape index (κ3) is 1.89. The third-order valence-electron chi connectivity index (χ3n) is 1.64. The highest BCUT2D eigenvalue weighted by Gasteiger charge is 2.33. The van der Waals surface area contributed by atoms with Crippen molar-refractivity contribution in [2.24, 2.45) is 0 Å². The third-order valence-corrected chi connectivity index (χ3v) is 1.64. The first-order valence-corrected chi connectivity index (χ1v) is 3.42. The normalized spacial score (nSPS) is 31.2. The van der Waals surface area contributed by atoms with Gasteiger partial charge >= 0.3 is 5.97 Å². The van der Waals surface area contributed by atoms with Crippen LogP contribution < -0.4 is 0 Å². The van der Waals surface area contributed by atoms with Crippen molar-refractivity contribution in [1.29, 1.82) is 0 Å². The number of rotatable bonds is 1. The monoisotopic (exact) mass is 159 g/mol. The molecule has 1 heterocycles. The summed E-state index contributed by atoms with van der Waals surface area (Å²) in [4.78, 5) is 20.5. The number of nitro groups is 1. The maximum atomic E-state index is 10.7. The fourth-order valence-electron chi connectivity index (χ4n) is 1.14. The molecule has 0 aliphatic carbocycles. The van der Waals surface area contributed by atoms with Crippen LogP contribution in [0.25, 0.3) is 0 Å². The number of cyclic esters (lactones) is 1. The predicted octanol–water partition coefficient (Wildman–Crippen LogP) is 0.357. The molecule has 0 radical (unpaired) electrons. The van der Waals surface area contributed by atoms with Crippen LogP contribution in [0.1, 0.15) is 19.8 Å². The van der Waals surface area contributed by atoms with Gasteiger partial charge in [0.15, 0.2) is 0 Å². The second-order valence-electron chi connectivity index (χ2n) is 2.68. The van der Waals surface area contributed by atoms with Gasteiger partial charge in [-0.1, -0.05) is 0 Å². The van der Waals surface area contributed by atoms with E-state index < -0.39 is 16.9 Å². The molecule has 0 aromatic heterocycles. The molecule has 0 spiro atoms. The van der Waals surface area contributed by atoms with E-state index in [1.807, 2.05) is 0 Å². The number of hydrogen-bond donors (Lipinski definition) is 0. The van der Waals surface area contributed by atoms with Gasteiger partial charge in [-0.05, 0) is 6.92 Å². The molecule has 0 bridgehead atoms. The number of esters is 1. The fourth-order valence-corrected chi connectivity index (χ4v) is 1.14. The van der Waals surface area contributed by atoms with Gasteiger partial charge in [0, 0.05) is 4.92 Å². The van der Waals surface area contributed by atoms with E-state index >= 15 is 0 Å². The molecule has 2 atom stereocenters. The Morgan fingerprint density at radius 3 is 2.82 bits per heavy atom. The number of hydrogen-bond acceptors (Lipinski definition) is 4. The van der Waals surface area contributed by atoms with E-state index in [0.29, 0.717) is 6.42 Å². The van der Waals surface area contributed by atoms with Crippen LogP contribution in [0.3, 0.4) is 0 Å². The molecule has 1 fully saturated rings. The molecule has 0 aromatic carbocycles. The summed E-state index contributed by atoms with van der Waals surface area (Å²) in [5, 5.41) is 10.2. The second-order valence-corrected chi connectivity index (χ2v) is 2.68. The first-order chi connectivity index (χ1) is 5.09. The Hall–Kier alpha value is -1.13. The fraction of sp³-hybridized carbons (Fsp3) is 0.833. The minimum atomic E-state index is -0.744. The molecule has 1 aliphatic rings. The lowest BCUT2D eigenvalue weighted by Crippen LogP contribution is -2.35. The first kappa shape index (κ1) is 7.97. The largest absolute Gasteiger partial charge is 0.462 e. The lowest BCUT2D eigenvalue weighted by Gasteiger charge is -2.20. The maximum absolute atomic E-state index is 10.7. The van der Waals surface area contributed by atoms with Crippen LogP contribution in [0, 0.1) is 10.1 Å². The van der Waals surface area contributed by atoms with Crippen molar-refractivity contribution < 1.29 is 14.5 Å². The van der Waals surface area contributed by atoms with Gasteiger partial charge < -0.3 is 4.74 Å². The van der Waals surface area contributed by atoms with Gasteiger partial charge in [0.1, 0.15) is 12.5 Å². The van der Waals surface area contributed by atoms with E-state index in [-0.39, 0.29) is 12.5 Å². The van der Waals surface area contributed by atoms with Gasteiger partial charge in [0.25, 0.3) is 0 Å². The van der Waals surface area contributed by atoms with E-state index in [2.05, 4.69) is 0 Å². The van der Waals surface area contributed by atoms with Crippen LogP contribution in [0.15, 0.2) is 0 Å². The van der Waals surface area contributed by atoms with Crippen molar-refractivity contribution in [3.63, 3.8) is 0 Å². The Balaban J connectivity index is 2.56. The Bertz CT molecular complexity index is 191. The summed E-state index contributed by atoms with van der Waals surface area (Å²) < 4.78 is 4.72. The number of nitrogens with zero attached hydrogens (tertiary/aromatic N) is 1. The molecule has 0 saturated carbocycles. The van der Waals surface area contributed by atoms with E-state index in [0.717, 1.165) is 0 Å². The Kier molecular flexibility index (Phi) is 2.07. The molecule has 5 heteroatoms. The zero-order valence-electron chi connectivity index (χ0n) is 6.15.